The molecular weight excluding hydrogens is 609 g/mol. The molecule has 3 aliphatic rings. The second-order valence-corrected chi connectivity index (χ2v) is 15.2. The molecule has 2 amide bonds. The Morgan fingerprint density at radius 3 is 2.44 bits per heavy atom. The van der Waals surface area contributed by atoms with E-state index in [1.165, 1.54) is 30.9 Å². The van der Waals surface area contributed by atoms with Gasteiger partial charge >= 0.3 is 0 Å². The molecule has 2 N–H and O–H groups in total. The Labute approximate surface area is 276 Å². The van der Waals surface area contributed by atoms with E-state index >= 15 is 0 Å². The SMILES string of the molecule is CC(C)(C)NC(=O)C1(C2CCCCC2)CCN(CC[C@H](CC2=CC=C(Cl)CC2)NC(=O)c2cc(=O)c3cc(Cl)ccc3o2)CC1. The fourth-order valence-corrected chi connectivity index (χ4v) is 7.65. The van der Waals surface area contributed by atoms with Crippen LogP contribution in [0.25, 0.3) is 11.0 Å². The van der Waals surface area contributed by atoms with Crippen LogP contribution in [0.1, 0.15) is 102 Å². The predicted octanol–water partition coefficient (Wildman–Crippen LogP) is 7.75. The maximum atomic E-state index is 13.8. The first-order valence-corrected chi connectivity index (χ1v) is 17.3. The molecule has 1 saturated carbocycles. The highest BCUT2D eigenvalue weighted by Gasteiger charge is 2.48. The summed E-state index contributed by atoms with van der Waals surface area (Å²) in [6.07, 6.45) is 14.7. The minimum absolute atomic E-state index is 0.0134. The second kappa shape index (κ2) is 14.4. The summed E-state index contributed by atoms with van der Waals surface area (Å²) in [4.78, 5) is 42.4. The van der Waals surface area contributed by atoms with Crippen molar-refractivity contribution < 1.29 is 14.0 Å². The van der Waals surface area contributed by atoms with Gasteiger partial charge in [-0.1, -0.05) is 54.1 Å². The Kier molecular flexibility index (Phi) is 10.8. The van der Waals surface area contributed by atoms with Gasteiger partial charge in [0.25, 0.3) is 5.91 Å². The summed E-state index contributed by atoms with van der Waals surface area (Å²) >= 11 is 12.3. The van der Waals surface area contributed by atoms with Gasteiger partial charge < -0.3 is 20.0 Å². The Balaban J connectivity index is 1.27. The Morgan fingerprint density at radius 1 is 1.04 bits per heavy atom. The van der Waals surface area contributed by atoms with Crippen LogP contribution >= 0.6 is 23.2 Å². The summed E-state index contributed by atoms with van der Waals surface area (Å²) in [5.74, 6) is 0.239. The molecule has 2 fully saturated rings. The zero-order valence-electron chi connectivity index (χ0n) is 26.9. The number of nitrogens with one attached hydrogen (secondary N) is 2. The standard InChI is InChI=1S/C36H47Cl2N3O4/c1-35(2,3)40-34(44)36(25-7-5-4-6-8-25)16-19-41(20-17-36)18-15-28(21-24-9-11-26(37)12-10-24)39-33(43)32-23-30(42)29-22-27(38)13-14-31(29)45-32/h9,11,13-14,22-23,25,28H,4-8,10,12,15-21H2,1-3H3,(H,39,43)(H,40,44)/t28-/m1/s1. The fraction of sp³-hybridized carbons (Fsp3) is 0.583. The van der Waals surface area contributed by atoms with Gasteiger partial charge in [0.1, 0.15) is 5.58 Å². The van der Waals surface area contributed by atoms with E-state index in [0.717, 1.165) is 69.6 Å². The summed E-state index contributed by atoms with van der Waals surface area (Å²) in [6.45, 7) is 8.71. The van der Waals surface area contributed by atoms with Crippen molar-refractivity contribution in [2.45, 2.75) is 103 Å². The summed E-state index contributed by atoms with van der Waals surface area (Å²) in [7, 11) is 0. The third kappa shape index (κ3) is 8.60. The van der Waals surface area contributed by atoms with Crippen LogP contribution in [0.4, 0.5) is 0 Å². The first-order chi connectivity index (χ1) is 21.4. The highest BCUT2D eigenvalue weighted by atomic mass is 35.5. The van der Waals surface area contributed by atoms with Crippen LogP contribution in [0, 0.1) is 11.3 Å². The van der Waals surface area contributed by atoms with Crippen molar-refractivity contribution in [1.82, 2.24) is 15.5 Å². The molecule has 2 aromatic rings. The Morgan fingerprint density at radius 2 is 1.78 bits per heavy atom. The largest absolute Gasteiger partial charge is 0.451 e. The van der Waals surface area contributed by atoms with Crippen molar-refractivity contribution in [2.75, 3.05) is 19.6 Å². The molecule has 1 atom stereocenters. The molecule has 1 saturated heterocycles. The highest BCUT2D eigenvalue weighted by Crippen LogP contribution is 2.46. The van der Waals surface area contributed by atoms with Crippen LogP contribution in [0.15, 0.2) is 56.2 Å². The number of carbonyl (C=O) groups is 2. The molecule has 2 heterocycles. The van der Waals surface area contributed by atoms with Crippen molar-refractivity contribution in [3.63, 3.8) is 0 Å². The molecule has 0 spiro atoms. The van der Waals surface area contributed by atoms with E-state index in [2.05, 4.69) is 42.4 Å². The minimum Gasteiger partial charge on any atom is -0.451 e. The Bertz CT molecular complexity index is 1510. The summed E-state index contributed by atoms with van der Waals surface area (Å²) < 4.78 is 5.84. The topological polar surface area (TPSA) is 91.7 Å². The number of halogens is 2. The molecule has 7 nitrogen and oxygen atoms in total. The molecule has 0 bridgehead atoms. The summed E-state index contributed by atoms with van der Waals surface area (Å²) in [5.41, 5.74) is 0.683. The molecule has 0 unspecified atom stereocenters. The zero-order valence-corrected chi connectivity index (χ0v) is 28.4. The van der Waals surface area contributed by atoms with Crippen LogP contribution in [-0.4, -0.2) is 47.9 Å². The molecule has 45 heavy (non-hydrogen) atoms. The number of benzene rings is 1. The maximum Gasteiger partial charge on any atom is 0.287 e. The van der Waals surface area contributed by atoms with Gasteiger partial charge in [-0.3, -0.25) is 14.4 Å². The van der Waals surface area contributed by atoms with E-state index in [-0.39, 0.29) is 34.1 Å². The molecule has 1 aliphatic heterocycles. The van der Waals surface area contributed by atoms with E-state index in [0.29, 0.717) is 28.3 Å². The molecule has 1 aromatic carbocycles. The lowest BCUT2D eigenvalue weighted by atomic mass is 9.63. The van der Waals surface area contributed by atoms with Gasteiger partial charge in [-0.2, -0.15) is 0 Å². The average Bonchev–Trinajstić information content (AvgIpc) is 3.01. The van der Waals surface area contributed by atoms with Crippen molar-refractivity contribution in [3.8, 4) is 0 Å². The molecule has 244 valence electrons. The smallest absolute Gasteiger partial charge is 0.287 e. The van der Waals surface area contributed by atoms with Crippen LogP contribution < -0.4 is 16.1 Å². The van der Waals surface area contributed by atoms with Gasteiger partial charge in [0.05, 0.1) is 10.8 Å². The number of hydrogen-bond acceptors (Lipinski definition) is 5. The highest BCUT2D eigenvalue weighted by molar-refractivity contribution is 6.31. The van der Waals surface area contributed by atoms with Crippen molar-refractivity contribution in [2.24, 2.45) is 11.3 Å². The van der Waals surface area contributed by atoms with Gasteiger partial charge in [-0.15, -0.1) is 0 Å². The van der Waals surface area contributed by atoms with E-state index in [9.17, 15) is 14.4 Å². The number of nitrogens with zero attached hydrogens (tertiary/aromatic N) is 1. The molecule has 2 aliphatic carbocycles. The van der Waals surface area contributed by atoms with E-state index in [1.54, 1.807) is 18.2 Å². The monoisotopic (exact) mass is 655 g/mol. The van der Waals surface area contributed by atoms with Gasteiger partial charge in [0.2, 0.25) is 5.91 Å². The first kappa shape index (κ1) is 33.7. The van der Waals surface area contributed by atoms with E-state index in [4.69, 9.17) is 27.6 Å². The quantitative estimate of drug-likeness (QED) is 0.288. The predicted molar refractivity (Wildman–Crippen MR) is 182 cm³/mol. The summed E-state index contributed by atoms with van der Waals surface area (Å²) in [6, 6.07) is 5.89. The zero-order chi connectivity index (χ0) is 32.2. The first-order valence-electron chi connectivity index (χ1n) is 16.6. The number of fused-ring (bicyclic) bond motifs is 1. The van der Waals surface area contributed by atoms with Crippen LogP contribution in [0.3, 0.4) is 0 Å². The third-order valence-electron chi connectivity index (χ3n) is 9.81. The maximum absolute atomic E-state index is 13.8. The fourth-order valence-electron chi connectivity index (χ4n) is 7.32. The van der Waals surface area contributed by atoms with Crippen LogP contribution in [0.2, 0.25) is 5.02 Å². The third-order valence-corrected chi connectivity index (χ3v) is 10.4. The molecule has 1 aromatic heterocycles. The van der Waals surface area contributed by atoms with Gasteiger partial charge in [-0.05, 0) is 115 Å². The lowest BCUT2D eigenvalue weighted by molar-refractivity contribution is -0.141. The number of amides is 2. The Hall–Kier alpha value is -2.61. The van der Waals surface area contributed by atoms with Gasteiger partial charge in [-0.25, -0.2) is 0 Å². The van der Waals surface area contributed by atoms with Crippen molar-refractivity contribution >= 4 is 46.0 Å². The second-order valence-electron chi connectivity index (χ2n) is 14.3. The normalized spacial score (nSPS) is 20.3. The van der Waals surface area contributed by atoms with Gasteiger partial charge in [0.15, 0.2) is 11.2 Å². The number of rotatable bonds is 9. The van der Waals surface area contributed by atoms with Crippen LogP contribution in [0.5, 0.6) is 0 Å². The number of piperidine rings is 1. The average molecular weight is 657 g/mol. The van der Waals surface area contributed by atoms with Crippen molar-refractivity contribution in [3.05, 3.63) is 68.0 Å². The van der Waals surface area contributed by atoms with E-state index in [1.807, 2.05) is 6.08 Å². The number of hydrogen-bond donors (Lipinski definition) is 2. The lowest BCUT2D eigenvalue weighted by Gasteiger charge is -2.48. The number of allylic oxidation sites excluding steroid dienone is 3. The molecule has 0 radical (unpaired) electrons. The minimum atomic E-state index is -0.409. The van der Waals surface area contributed by atoms with E-state index < -0.39 is 5.91 Å². The van der Waals surface area contributed by atoms with Crippen LogP contribution in [-0.2, 0) is 4.79 Å². The lowest BCUT2D eigenvalue weighted by Crippen LogP contribution is -2.56. The van der Waals surface area contributed by atoms with Crippen molar-refractivity contribution in [1.29, 1.82) is 0 Å². The number of likely N-dealkylation sites (tertiary alicyclic amines) is 1. The molecular formula is C36H47Cl2N3O4. The molecule has 5 rings (SSSR count). The van der Waals surface area contributed by atoms with Gasteiger partial charge in [0, 0.05) is 34.2 Å². The molecule has 9 heteroatoms. The summed E-state index contributed by atoms with van der Waals surface area (Å²) in [5, 5.41) is 8.11. The number of carbonyl (C=O) groups excluding carboxylic acids is 2.